The smallest absolute Gasteiger partial charge is 0.254 e. The first-order valence-corrected chi connectivity index (χ1v) is 7.70. The van der Waals surface area contributed by atoms with E-state index in [-0.39, 0.29) is 11.9 Å². The fourth-order valence-electron chi connectivity index (χ4n) is 2.96. The molecule has 1 atom stereocenters. The topological polar surface area (TPSA) is 65.2 Å². The monoisotopic (exact) mass is 327 g/mol. The largest absolute Gasteiger partial charge is 0.337 e. The van der Waals surface area contributed by atoms with Crippen molar-refractivity contribution in [2.45, 2.75) is 12.5 Å². The number of rotatable bonds is 3. The Labute approximate surface area is 139 Å². The van der Waals surface area contributed by atoms with Crippen LogP contribution in [-0.4, -0.2) is 51.7 Å². The molecular formula is C17H18FN5O. The molecule has 1 aliphatic rings. The second-order valence-electron chi connectivity index (χ2n) is 6.00. The molecule has 0 radical (unpaired) electrons. The standard InChI is InChI=1S/C17H18FN5O/c1-21-9-13(8-20-21)15-4-3-12(7-16(15)18)17(24)22(2)14-5-6-23(10-14)11-19/h3-4,7-9,14H,5-6,10H2,1-2H3. The van der Waals surface area contributed by atoms with Crippen molar-refractivity contribution in [2.24, 2.45) is 7.05 Å². The average molecular weight is 327 g/mol. The van der Waals surface area contributed by atoms with Crippen molar-refractivity contribution in [3.05, 3.63) is 42.0 Å². The fourth-order valence-corrected chi connectivity index (χ4v) is 2.96. The molecule has 1 saturated heterocycles. The summed E-state index contributed by atoms with van der Waals surface area (Å²) in [7, 11) is 3.46. The van der Waals surface area contributed by atoms with Crippen LogP contribution in [0, 0.1) is 17.3 Å². The van der Waals surface area contributed by atoms with E-state index in [0.717, 1.165) is 6.42 Å². The number of halogens is 1. The van der Waals surface area contributed by atoms with Crippen molar-refractivity contribution in [1.82, 2.24) is 19.6 Å². The van der Waals surface area contributed by atoms with Gasteiger partial charge in [0.1, 0.15) is 5.82 Å². The zero-order valence-electron chi connectivity index (χ0n) is 13.6. The number of amides is 1. The maximum Gasteiger partial charge on any atom is 0.254 e. The van der Waals surface area contributed by atoms with E-state index < -0.39 is 5.82 Å². The average Bonchev–Trinajstić information content (AvgIpc) is 3.22. The summed E-state index contributed by atoms with van der Waals surface area (Å²) in [4.78, 5) is 15.8. The lowest BCUT2D eigenvalue weighted by Crippen LogP contribution is -2.38. The van der Waals surface area contributed by atoms with Gasteiger partial charge in [0.25, 0.3) is 5.91 Å². The number of likely N-dealkylation sites (N-methyl/N-ethyl adjacent to an activating group) is 1. The van der Waals surface area contributed by atoms with Crippen LogP contribution in [0.2, 0.25) is 0 Å². The molecule has 0 bridgehead atoms. The van der Waals surface area contributed by atoms with Gasteiger partial charge in [0, 0.05) is 50.1 Å². The molecular weight excluding hydrogens is 309 g/mol. The minimum absolute atomic E-state index is 0.0294. The number of likely N-dealkylation sites (tertiary alicyclic amines) is 1. The first kappa shape index (κ1) is 16.0. The van der Waals surface area contributed by atoms with Gasteiger partial charge in [-0.2, -0.15) is 10.4 Å². The van der Waals surface area contributed by atoms with Crippen LogP contribution in [-0.2, 0) is 7.05 Å². The first-order valence-electron chi connectivity index (χ1n) is 7.70. The predicted molar refractivity (Wildman–Crippen MR) is 86.3 cm³/mol. The summed E-state index contributed by atoms with van der Waals surface area (Å²) >= 11 is 0. The molecule has 2 heterocycles. The van der Waals surface area contributed by atoms with Gasteiger partial charge in [-0.1, -0.05) is 6.07 Å². The van der Waals surface area contributed by atoms with E-state index in [2.05, 4.69) is 11.3 Å². The number of carbonyl (C=O) groups is 1. The number of aryl methyl sites for hydroxylation is 1. The number of nitrogens with zero attached hydrogens (tertiary/aromatic N) is 5. The molecule has 0 spiro atoms. The second-order valence-corrected chi connectivity index (χ2v) is 6.00. The highest BCUT2D eigenvalue weighted by molar-refractivity contribution is 5.94. The van der Waals surface area contributed by atoms with E-state index in [0.29, 0.717) is 29.8 Å². The number of carbonyl (C=O) groups excluding carboxylic acids is 1. The highest BCUT2D eigenvalue weighted by atomic mass is 19.1. The molecule has 1 fully saturated rings. The molecule has 6 nitrogen and oxygen atoms in total. The first-order chi connectivity index (χ1) is 11.5. The summed E-state index contributed by atoms with van der Waals surface area (Å²) in [5, 5.41) is 12.9. The third-order valence-electron chi connectivity index (χ3n) is 4.40. The van der Waals surface area contributed by atoms with Gasteiger partial charge in [-0.3, -0.25) is 9.48 Å². The predicted octanol–water partition coefficient (Wildman–Crippen LogP) is 1.85. The number of benzene rings is 1. The van der Waals surface area contributed by atoms with E-state index in [1.54, 1.807) is 53.1 Å². The van der Waals surface area contributed by atoms with Gasteiger partial charge in [-0.25, -0.2) is 4.39 Å². The normalized spacial score (nSPS) is 16.9. The molecule has 1 amide bonds. The molecule has 1 aromatic heterocycles. The van der Waals surface area contributed by atoms with Gasteiger partial charge in [0.2, 0.25) is 0 Å². The van der Waals surface area contributed by atoms with Gasteiger partial charge in [-0.15, -0.1) is 0 Å². The molecule has 1 aliphatic heterocycles. The molecule has 2 aromatic rings. The fraction of sp³-hybridized carbons (Fsp3) is 0.353. The minimum Gasteiger partial charge on any atom is -0.337 e. The van der Waals surface area contributed by atoms with Crippen molar-refractivity contribution in [3.63, 3.8) is 0 Å². The maximum atomic E-state index is 14.4. The van der Waals surface area contributed by atoms with Crippen LogP contribution in [0.5, 0.6) is 0 Å². The number of nitriles is 1. The van der Waals surface area contributed by atoms with Gasteiger partial charge in [0.15, 0.2) is 6.19 Å². The Bertz CT molecular complexity index is 810. The van der Waals surface area contributed by atoms with E-state index in [4.69, 9.17) is 5.26 Å². The summed E-state index contributed by atoms with van der Waals surface area (Å²) in [5.74, 6) is -0.691. The highest BCUT2D eigenvalue weighted by Crippen LogP contribution is 2.24. The Morgan fingerprint density at radius 3 is 2.88 bits per heavy atom. The second kappa shape index (κ2) is 6.32. The summed E-state index contributed by atoms with van der Waals surface area (Å²) in [6, 6.07) is 4.46. The van der Waals surface area contributed by atoms with Crippen LogP contribution in [0.3, 0.4) is 0 Å². The van der Waals surface area contributed by atoms with Crippen molar-refractivity contribution in [1.29, 1.82) is 5.26 Å². The van der Waals surface area contributed by atoms with Crippen molar-refractivity contribution < 1.29 is 9.18 Å². The summed E-state index contributed by atoms with van der Waals surface area (Å²) < 4.78 is 16.0. The van der Waals surface area contributed by atoms with Crippen molar-refractivity contribution in [3.8, 4) is 17.3 Å². The lowest BCUT2D eigenvalue weighted by molar-refractivity contribution is 0.0738. The minimum atomic E-state index is -0.452. The third-order valence-corrected chi connectivity index (χ3v) is 4.40. The molecule has 3 rings (SSSR count). The van der Waals surface area contributed by atoms with Gasteiger partial charge in [-0.05, 0) is 18.6 Å². The van der Waals surface area contributed by atoms with Crippen molar-refractivity contribution >= 4 is 5.91 Å². The van der Waals surface area contributed by atoms with Gasteiger partial charge < -0.3 is 9.80 Å². The number of hydrogen-bond donors (Lipinski definition) is 0. The van der Waals surface area contributed by atoms with Gasteiger partial charge >= 0.3 is 0 Å². The van der Waals surface area contributed by atoms with Crippen LogP contribution >= 0.6 is 0 Å². The molecule has 0 aliphatic carbocycles. The molecule has 0 saturated carbocycles. The quantitative estimate of drug-likeness (QED) is 0.807. The lowest BCUT2D eigenvalue weighted by atomic mass is 10.0. The number of hydrogen-bond acceptors (Lipinski definition) is 4. The maximum absolute atomic E-state index is 14.4. The Morgan fingerprint density at radius 1 is 1.50 bits per heavy atom. The van der Waals surface area contributed by atoms with Crippen LogP contribution in [0.15, 0.2) is 30.6 Å². The zero-order valence-corrected chi connectivity index (χ0v) is 13.6. The Kier molecular flexibility index (Phi) is 4.21. The van der Waals surface area contributed by atoms with Crippen LogP contribution in [0.4, 0.5) is 4.39 Å². The molecule has 1 unspecified atom stereocenters. The molecule has 7 heteroatoms. The third kappa shape index (κ3) is 2.95. The van der Waals surface area contributed by atoms with E-state index in [1.165, 1.54) is 6.07 Å². The zero-order chi connectivity index (χ0) is 17.3. The summed E-state index contributed by atoms with van der Waals surface area (Å²) in [6.07, 6.45) is 6.14. The van der Waals surface area contributed by atoms with Gasteiger partial charge in [0.05, 0.1) is 12.2 Å². The summed E-state index contributed by atoms with van der Waals surface area (Å²) in [5.41, 5.74) is 1.39. The van der Waals surface area contributed by atoms with E-state index >= 15 is 0 Å². The SMILES string of the molecule is CN(C(=O)c1ccc(-c2cnn(C)c2)c(F)c1)C1CCN(C#N)C1. The van der Waals surface area contributed by atoms with E-state index in [9.17, 15) is 9.18 Å². The number of aromatic nitrogens is 2. The van der Waals surface area contributed by atoms with Crippen molar-refractivity contribution in [2.75, 3.05) is 20.1 Å². The molecule has 124 valence electrons. The molecule has 0 N–H and O–H groups in total. The molecule has 24 heavy (non-hydrogen) atoms. The van der Waals surface area contributed by atoms with E-state index in [1.807, 2.05) is 0 Å². The highest BCUT2D eigenvalue weighted by Gasteiger charge is 2.28. The Balaban J connectivity index is 1.79. The van der Waals surface area contributed by atoms with Crippen LogP contribution in [0.25, 0.3) is 11.1 Å². The molecule has 1 aromatic carbocycles. The van der Waals surface area contributed by atoms with Crippen LogP contribution < -0.4 is 0 Å². The Morgan fingerprint density at radius 2 is 2.29 bits per heavy atom. The summed E-state index contributed by atoms with van der Waals surface area (Å²) in [6.45, 7) is 1.17. The lowest BCUT2D eigenvalue weighted by Gasteiger charge is -2.24. The Hall–Kier alpha value is -2.88. The van der Waals surface area contributed by atoms with Crippen LogP contribution in [0.1, 0.15) is 16.8 Å².